The molecule has 0 amide bonds. The van der Waals surface area contributed by atoms with Crippen molar-refractivity contribution in [1.29, 1.82) is 0 Å². The Hall–Kier alpha value is -2.10. The highest BCUT2D eigenvalue weighted by molar-refractivity contribution is 6.16. The first-order valence-electron chi connectivity index (χ1n) is 8.87. The van der Waals surface area contributed by atoms with Crippen LogP contribution in [0.2, 0.25) is 0 Å². The van der Waals surface area contributed by atoms with Gasteiger partial charge in [0.1, 0.15) is 5.57 Å². The van der Waals surface area contributed by atoms with Crippen LogP contribution in [0.5, 0.6) is 0 Å². The van der Waals surface area contributed by atoms with Crippen LogP contribution in [0.1, 0.15) is 59.4 Å². The molecule has 1 aliphatic rings. The summed E-state index contributed by atoms with van der Waals surface area (Å²) in [6.45, 7) is 11.4. The van der Waals surface area contributed by atoms with Gasteiger partial charge in [-0.2, -0.15) is 0 Å². The lowest BCUT2D eigenvalue weighted by Gasteiger charge is -2.32. The van der Waals surface area contributed by atoms with Gasteiger partial charge < -0.3 is 9.47 Å². The molecule has 0 aliphatic carbocycles. The molecule has 0 aromatic heterocycles. The first kappa shape index (κ1) is 19.2. The number of hydrogen-bond donors (Lipinski definition) is 0. The van der Waals surface area contributed by atoms with Crippen molar-refractivity contribution in [2.24, 2.45) is 11.8 Å². The molecular weight excluding hydrogens is 316 g/mol. The minimum atomic E-state index is -1.21. The van der Waals surface area contributed by atoms with Crippen LogP contribution in [-0.2, 0) is 19.1 Å². The number of rotatable bonds is 5. The van der Waals surface area contributed by atoms with E-state index in [1.165, 1.54) is 5.56 Å². The Balaban J connectivity index is 2.43. The number of hydrogen-bond acceptors (Lipinski definition) is 4. The van der Waals surface area contributed by atoms with Crippen LogP contribution in [0, 0.1) is 11.8 Å². The summed E-state index contributed by atoms with van der Waals surface area (Å²) in [6.07, 6.45) is 0.624. The Bertz CT molecular complexity index is 646. The SMILES string of the molecule is CC(C)C(C[C@@H](c1ccccc1)C(C)C)=C1C(=O)OC(C)(C)OC1=O. The van der Waals surface area contributed by atoms with Crippen LogP contribution in [0.25, 0.3) is 0 Å². The van der Waals surface area contributed by atoms with Crippen molar-refractivity contribution in [1.82, 2.24) is 0 Å². The summed E-state index contributed by atoms with van der Waals surface area (Å²) < 4.78 is 10.6. The minimum Gasteiger partial charge on any atom is -0.419 e. The second-order valence-electron chi connectivity index (χ2n) is 7.70. The molecule has 4 nitrogen and oxygen atoms in total. The molecule has 136 valence electrons. The third-order valence-electron chi connectivity index (χ3n) is 4.58. The topological polar surface area (TPSA) is 52.6 Å². The second-order valence-corrected chi connectivity index (χ2v) is 7.70. The third-order valence-corrected chi connectivity index (χ3v) is 4.58. The van der Waals surface area contributed by atoms with Gasteiger partial charge >= 0.3 is 11.9 Å². The van der Waals surface area contributed by atoms with E-state index in [4.69, 9.17) is 9.47 Å². The van der Waals surface area contributed by atoms with Crippen LogP contribution in [0.4, 0.5) is 0 Å². The van der Waals surface area contributed by atoms with E-state index in [1.807, 2.05) is 32.0 Å². The zero-order chi connectivity index (χ0) is 18.8. The van der Waals surface area contributed by atoms with E-state index in [0.29, 0.717) is 12.3 Å². The molecule has 1 aromatic rings. The molecular formula is C21H28O4. The van der Waals surface area contributed by atoms with E-state index < -0.39 is 17.7 Å². The molecule has 0 bridgehead atoms. The highest BCUT2D eigenvalue weighted by Crippen LogP contribution is 2.36. The van der Waals surface area contributed by atoms with Gasteiger partial charge in [-0.3, -0.25) is 0 Å². The van der Waals surface area contributed by atoms with Crippen LogP contribution in [-0.4, -0.2) is 17.7 Å². The highest BCUT2D eigenvalue weighted by atomic mass is 16.7. The Morgan fingerprint density at radius 2 is 1.48 bits per heavy atom. The molecule has 0 unspecified atom stereocenters. The number of esters is 2. The van der Waals surface area contributed by atoms with Gasteiger partial charge in [-0.1, -0.05) is 58.0 Å². The van der Waals surface area contributed by atoms with Gasteiger partial charge in [0.2, 0.25) is 0 Å². The zero-order valence-electron chi connectivity index (χ0n) is 16.0. The van der Waals surface area contributed by atoms with E-state index in [1.54, 1.807) is 13.8 Å². The molecule has 1 heterocycles. The van der Waals surface area contributed by atoms with Gasteiger partial charge in [0.15, 0.2) is 0 Å². The van der Waals surface area contributed by atoms with Crippen molar-refractivity contribution in [3.05, 3.63) is 47.0 Å². The number of allylic oxidation sites excluding steroid dienone is 1. The number of benzene rings is 1. The number of carbonyl (C=O) groups is 2. The van der Waals surface area contributed by atoms with Gasteiger partial charge in [0.25, 0.3) is 5.79 Å². The van der Waals surface area contributed by atoms with E-state index in [2.05, 4.69) is 26.0 Å². The molecule has 0 saturated carbocycles. The molecule has 0 radical (unpaired) electrons. The van der Waals surface area contributed by atoms with Crippen LogP contribution in [0.15, 0.2) is 41.5 Å². The Labute approximate surface area is 150 Å². The van der Waals surface area contributed by atoms with E-state index in [9.17, 15) is 9.59 Å². The molecule has 2 rings (SSSR count). The maximum Gasteiger partial charge on any atom is 0.348 e. The quantitative estimate of drug-likeness (QED) is 0.445. The molecule has 1 aliphatic heterocycles. The monoisotopic (exact) mass is 344 g/mol. The maximum atomic E-state index is 12.5. The molecule has 1 aromatic carbocycles. The van der Waals surface area contributed by atoms with Gasteiger partial charge in [0.05, 0.1) is 0 Å². The molecule has 25 heavy (non-hydrogen) atoms. The molecule has 1 atom stereocenters. The van der Waals surface area contributed by atoms with Crippen molar-refractivity contribution in [3.63, 3.8) is 0 Å². The summed E-state index contributed by atoms with van der Waals surface area (Å²) in [5.41, 5.74) is 2.07. The van der Waals surface area contributed by atoms with E-state index >= 15 is 0 Å². The highest BCUT2D eigenvalue weighted by Gasteiger charge is 2.41. The smallest absolute Gasteiger partial charge is 0.348 e. The number of carbonyl (C=O) groups excluding carboxylic acids is 2. The zero-order valence-corrected chi connectivity index (χ0v) is 16.0. The first-order chi connectivity index (χ1) is 11.6. The average molecular weight is 344 g/mol. The summed E-state index contributed by atoms with van der Waals surface area (Å²) in [4.78, 5) is 24.9. The lowest BCUT2D eigenvalue weighted by Crippen LogP contribution is -2.42. The van der Waals surface area contributed by atoms with E-state index in [-0.39, 0.29) is 17.4 Å². The number of ether oxygens (including phenoxy) is 2. The summed E-state index contributed by atoms with van der Waals surface area (Å²) in [5.74, 6) is -1.76. The summed E-state index contributed by atoms with van der Waals surface area (Å²) in [5, 5.41) is 0. The molecule has 0 N–H and O–H groups in total. The van der Waals surface area contributed by atoms with Crippen molar-refractivity contribution in [2.75, 3.05) is 0 Å². The normalized spacial score (nSPS) is 18.2. The van der Waals surface area contributed by atoms with E-state index in [0.717, 1.165) is 5.57 Å². The first-order valence-corrected chi connectivity index (χ1v) is 8.87. The van der Waals surface area contributed by atoms with Gasteiger partial charge in [-0.15, -0.1) is 0 Å². The lowest BCUT2D eigenvalue weighted by atomic mass is 9.79. The average Bonchev–Trinajstić information content (AvgIpc) is 2.48. The van der Waals surface area contributed by atoms with Crippen molar-refractivity contribution in [3.8, 4) is 0 Å². The summed E-state index contributed by atoms with van der Waals surface area (Å²) >= 11 is 0. The number of cyclic esters (lactones) is 2. The minimum absolute atomic E-state index is 0.0428. The molecule has 0 spiro atoms. The molecule has 1 fully saturated rings. The maximum absolute atomic E-state index is 12.5. The van der Waals surface area contributed by atoms with Gasteiger partial charge in [-0.25, -0.2) is 9.59 Å². The molecule has 4 heteroatoms. The predicted octanol–water partition coefficient (Wildman–Crippen LogP) is 4.61. The Morgan fingerprint density at radius 1 is 0.960 bits per heavy atom. The largest absolute Gasteiger partial charge is 0.419 e. The lowest BCUT2D eigenvalue weighted by molar-refractivity contribution is -0.222. The van der Waals surface area contributed by atoms with Crippen LogP contribution < -0.4 is 0 Å². The fourth-order valence-corrected chi connectivity index (χ4v) is 3.22. The van der Waals surface area contributed by atoms with Crippen LogP contribution >= 0.6 is 0 Å². The van der Waals surface area contributed by atoms with Gasteiger partial charge in [0, 0.05) is 13.8 Å². The third kappa shape index (κ3) is 4.50. The Kier molecular flexibility index (Phi) is 5.71. The van der Waals surface area contributed by atoms with Crippen molar-refractivity contribution < 1.29 is 19.1 Å². The van der Waals surface area contributed by atoms with Gasteiger partial charge in [-0.05, 0) is 35.3 Å². The Morgan fingerprint density at radius 3 is 1.92 bits per heavy atom. The second kappa shape index (κ2) is 7.42. The summed E-state index contributed by atoms with van der Waals surface area (Å²) in [7, 11) is 0. The van der Waals surface area contributed by atoms with Crippen molar-refractivity contribution in [2.45, 2.75) is 59.7 Å². The van der Waals surface area contributed by atoms with Crippen LogP contribution in [0.3, 0.4) is 0 Å². The predicted molar refractivity (Wildman–Crippen MR) is 96.8 cm³/mol. The van der Waals surface area contributed by atoms with Crippen molar-refractivity contribution >= 4 is 11.9 Å². The molecule has 1 saturated heterocycles. The summed E-state index contributed by atoms with van der Waals surface area (Å²) in [6, 6.07) is 10.2. The standard InChI is InChI=1S/C21H28O4/c1-13(2)16(15-10-8-7-9-11-15)12-17(14(3)4)18-19(22)24-21(5,6)25-20(18)23/h7-11,13-14,16H,12H2,1-6H3/t16-/m1/s1. The fraction of sp³-hybridized carbons (Fsp3) is 0.524. The fourth-order valence-electron chi connectivity index (χ4n) is 3.22.